The summed E-state index contributed by atoms with van der Waals surface area (Å²) in [5, 5.41) is 6.11. The van der Waals surface area contributed by atoms with Crippen LogP contribution in [-0.2, 0) is 15.4 Å². The molecular formula is C11H18N2O2S2. The average molecular weight is 274 g/mol. The lowest BCUT2D eigenvalue weighted by Crippen LogP contribution is -2.41. The monoisotopic (exact) mass is 274 g/mol. The van der Waals surface area contributed by atoms with Crippen LogP contribution in [0.1, 0.15) is 36.9 Å². The van der Waals surface area contributed by atoms with E-state index >= 15 is 0 Å². The molecule has 0 aromatic carbocycles. The first kappa shape index (κ1) is 13.0. The van der Waals surface area contributed by atoms with E-state index in [2.05, 4.69) is 24.1 Å². The molecular weight excluding hydrogens is 256 g/mol. The van der Waals surface area contributed by atoms with E-state index in [1.165, 1.54) is 0 Å². The number of hydrogen-bond donors (Lipinski definition) is 1. The first-order valence-corrected chi connectivity index (χ1v) is 8.44. The molecule has 0 amide bonds. The summed E-state index contributed by atoms with van der Waals surface area (Å²) in [6, 6.07) is 0. The van der Waals surface area contributed by atoms with Crippen LogP contribution in [0.5, 0.6) is 0 Å². The van der Waals surface area contributed by atoms with Crippen LogP contribution >= 0.6 is 11.3 Å². The Kier molecular flexibility index (Phi) is 3.31. The van der Waals surface area contributed by atoms with Gasteiger partial charge in [0.05, 0.1) is 22.7 Å². The van der Waals surface area contributed by atoms with E-state index in [4.69, 9.17) is 0 Å². The number of hydrogen-bond acceptors (Lipinski definition) is 5. The SMILES string of the molecule is CNC1(c2nc(C(C)C)cs2)CCS(=O)(=O)C1. The van der Waals surface area contributed by atoms with E-state index in [1.807, 2.05) is 12.4 Å². The van der Waals surface area contributed by atoms with Gasteiger partial charge in [-0.3, -0.25) is 0 Å². The Hall–Kier alpha value is -0.460. The molecule has 17 heavy (non-hydrogen) atoms. The van der Waals surface area contributed by atoms with Crippen LogP contribution in [0.4, 0.5) is 0 Å². The molecule has 2 heterocycles. The molecule has 2 rings (SSSR count). The summed E-state index contributed by atoms with van der Waals surface area (Å²) in [4.78, 5) is 4.59. The number of aromatic nitrogens is 1. The standard InChI is InChI=1S/C11H18N2O2S2/c1-8(2)9-6-16-10(13-9)11(12-3)4-5-17(14,15)7-11/h6,8,12H,4-5,7H2,1-3H3. The van der Waals surface area contributed by atoms with E-state index in [0.29, 0.717) is 12.3 Å². The second-order valence-corrected chi connectivity index (χ2v) is 7.95. The highest BCUT2D eigenvalue weighted by Gasteiger charge is 2.44. The molecule has 0 spiro atoms. The molecule has 1 atom stereocenters. The minimum atomic E-state index is -2.92. The lowest BCUT2D eigenvalue weighted by Gasteiger charge is -2.24. The van der Waals surface area contributed by atoms with Crippen molar-refractivity contribution in [3.8, 4) is 0 Å². The van der Waals surface area contributed by atoms with E-state index < -0.39 is 15.4 Å². The van der Waals surface area contributed by atoms with Gasteiger partial charge in [-0.05, 0) is 19.4 Å². The highest BCUT2D eigenvalue weighted by molar-refractivity contribution is 7.91. The molecule has 1 aliphatic heterocycles. The van der Waals surface area contributed by atoms with Crippen LogP contribution in [0.2, 0.25) is 0 Å². The zero-order valence-electron chi connectivity index (χ0n) is 10.4. The Morgan fingerprint density at radius 3 is 2.65 bits per heavy atom. The van der Waals surface area contributed by atoms with Gasteiger partial charge in [0.2, 0.25) is 0 Å². The van der Waals surface area contributed by atoms with Crippen molar-refractivity contribution in [3.63, 3.8) is 0 Å². The Morgan fingerprint density at radius 1 is 1.53 bits per heavy atom. The van der Waals surface area contributed by atoms with Crippen molar-refractivity contribution in [1.29, 1.82) is 0 Å². The topological polar surface area (TPSA) is 59.1 Å². The molecule has 1 N–H and O–H groups in total. The molecule has 1 fully saturated rings. The van der Waals surface area contributed by atoms with Crippen LogP contribution in [0.3, 0.4) is 0 Å². The van der Waals surface area contributed by atoms with Gasteiger partial charge in [0, 0.05) is 5.38 Å². The lowest BCUT2D eigenvalue weighted by molar-refractivity contribution is 0.407. The Balaban J connectivity index is 2.36. The Bertz CT molecular complexity index is 507. The van der Waals surface area contributed by atoms with Crippen molar-refractivity contribution < 1.29 is 8.42 Å². The third-order valence-electron chi connectivity index (χ3n) is 3.31. The van der Waals surface area contributed by atoms with Crippen molar-refractivity contribution in [2.45, 2.75) is 31.7 Å². The summed E-state index contributed by atoms with van der Waals surface area (Å²) in [6.07, 6.45) is 0.622. The summed E-state index contributed by atoms with van der Waals surface area (Å²) in [7, 11) is -1.10. The van der Waals surface area contributed by atoms with Crippen LogP contribution in [0.15, 0.2) is 5.38 Å². The summed E-state index contributed by atoms with van der Waals surface area (Å²) in [5.74, 6) is 0.804. The predicted molar refractivity (Wildman–Crippen MR) is 70.2 cm³/mol. The van der Waals surface area contributed by atoms with Gasteiger partial charge in [-0.2, -0.15) is 0 Å². The average Bonchev–Trinajstić information content (AvgIpc) is 2.83. The molecule has 1 saturated heterocycles. The molecule has 0 saturated carbocycles. The van der Waals surface area contributed by atoms with Gasteiger partial charge in [-0.25, -0.2) is 13.4 Å². The summed E-state index contributed by atoms with van der Waals surface area (Å²) >= 11 is 1.56. The molecule has 0 bridgehead atoms. The van der Waals surface area contributed by atoms with E-state index in [0.717, 1.165) is 10.7 Å². The fraction of sp³-hybridized carbons (Fsp3) is 0.727. The van der Waals surface area contributed by atoms with Gasteiger partial charge in [0.1, 0.15) is 5.01 Å². The van der Waals surface area contributed by atoms with Crippen molar-refractivity contribution in [3.05, 3.63) is 16.1 Å². The van der Waals surface area contributed by atoms with Crippen LogP contribution in [0, 0.1) is 0 Å². The first-order valence-electron chi connectivity index (χ1n) is 5.74. The van der Waals surface area contributed by atoms with Crippen LogP contribution < -0.4 is 5.32 Å². The largest absolute Gasteiger partial charge is 0.308 e. The molecule has 1 aromatic heterocycles. The summed E-state index contributed by atoms with van der Waals surface area (Å²) in [6.45, 7) is 4.19. The minimum Gasteiger partial charge on any atom is -0.308 e. The van der Waals surface area contributed by atoms with Gasteiger partial charge < -0.3 is 5.32 Å². The molecule has 1 unspecified atom stereocenters. The quantitative estimate of drug-likeness (QED) is 0.907. The fourth-order valence-corrected chi connectivity index (χ4v) is 5.38. The number of rotatable bonds is 3. The summed E-state index contributed by atoms with van der Waals surface area (Å²) < 4.78 is 23.3. The second-order valence-electron chi connectivity index (χ2n) is 4.91. The van der Waals surface area contributed by atoms with Crippen molar-refractivity contribution in [2.24, 2.45) is 0 Å². The van der Waals surface area contributed by atoms with Gasteiger partial charge in [0.15, 0.2) is 9.84 Å². The van der Waals surface area contributed by atoms with Crippen LogP contribution in [0.25, 0.3) is 0 Å². The van der Waals surface area contributed by atoms with E-state index in [1.54, 1.807) is 11.3 Å². The first-order chi connectivity index (χ1) is 7.88. The van der Waals surface area contributed by atoms with Gasteiger partial charge in [-0.15, -0.1) is 11.3 Å². The Morgan fingerprint density at radius 2 is 2.24 bits per heavy atom. The normalized spacial score (nSPS) is 27.8. The van der Waals surface area contributed by atoms with E-state index in [-0.39, 0.29) is 11.5 Å². The predicted octanol–water partition coefficient (Wildman–Crippen LogP) is 1.50. The third-order valence-corrected chi connectivity index (χ3v) is 6.13. The summed E-state index contributed by atoms with van der Waals surface area (Å²) in [5.41, 5.74) is 0.584. The lowest BCUT2D eigenvalue weighted by atomic mass is 10.0. The zero-order chi connectivity index (χ0) is 12.7. The minimum absolute atomic E-state index is 0.168. The number of nitrogens with one attached hydrogen (secondary N) is 1. The number of sulfone groups is 1. The fourth-order valence-electron chi connectivity index (χ4n) is 2.09. The molecule has 1 aromatic rings. The molecule has 1 aliphatic rings. The number of nitrogens with zero attached hydrogens (tertiary/aromatic N) is 1. The van der Waals surface area contributed by atoms with E-state index in [9.17, 15) is 8.42 Å². The van der Waals surface area contributed by atoms with Gasteiger partial charge in [-0.1, -0.05) is 13.8 Å². The molecule has 4 nitrogen and oxygen atoms in total. The maximum absolute atomic E-state index is 11.7. The third kappa shape index (κ3) is 2.39. The smallest absolute Gasteiger partial charge is 0.152 e. The highest BCUT2D eigenvalue weighted by Crippen LogP contribution is 2.36. The highest BCUT2D eigenvalue weighted by atomic mass is 32.2. The van der Waals surface area contributed by atoms with Crippen molar-refractivity contribution in [1.82, 2.24) is 10.3 Å². The Labute approximate surface area is 106 Å². The number of thiazole rings is 1. The molecule has 96 valence electrons. The molecule has 0 aliphatic carbocycles. The van der Waals surface area contributed by atoms with Crippen molar-refractivity contribution >= 4 is 21.2 Å². The maximum atomic E-state index is 11.7. The maximum Gasteiger partial charge on any atom is 0.152 e. The second kappa shape index (κ2) is 4.33. The molecule has 6 heteroatoms. The van der Waals surface area contributed by atoms with Gasteiger partial charge >= 0.3 is 0 Å². The van der Waals surface area contributed by atoms with Crippen molar-refractivity contribution in [2.75, 3.05) is 18.6 Å². The van der Waals surface area contributed by atoms with Gasteiger partial charge in [0.25, 0.3) is 0 Å². The zero-order valence-corrected chi connectivity index (χ0v) is 12.0. The molecule has 0 radical (unpaired) electrons. The van der Waals surface area contributed by atoms with Crippen LogP contribution in [-0.4, -0.2) is 32.0 Å².